The van der Waals surface area contributed by atoms with E-state index in [0.29, 0.717) is 12.0 Å². The minimum absolute atomic E-state index is 0.464. The van der Waals surface area contributed by atoms with E-state index in [1.54, 1.807) is 0 Å². The summed E-state index contributed by atoms with van der Waals surface area (Å²) in [6.07, 6.45) is 3.60. The van der Waals surface area contributed by atoms with E-state index in [9.17, 15) is 0 Å². The van der Waals surface area contributed by atoms with Gasteiger partial charge in [0.2, 0.25) is 0 Å². The molecule has 0 aliphatic carbocycles. The minimum atomic E-state index is 0.464. The van der Waals surface area contributed by atoms with Crippen molar-refractivity contribution in [2.45, 2.75) is 53.0 Å². The van der Waals surface area contributed by atoms with Crippen LogP contribution in [-0.4, -0.2) is 13.2 Å². The van der Waals surface area contributed by atoms with E-state index < -0.39 is 0 Å². The van der Waals surface area contributed by atoms with Crippen molar-refractivity contribution in [2.24, 2.45) is 5.92 Å². The van der Waals surface area contributed by atoms with Gasteiger partial charge in [0.25, 0.3) is 0 Å². The van der Waals surface area contributed by atoms with Crippen molar-refractivity contribution in [1.29, 1.82) is 0 Å². The van der Waals surface area contributed by atoms with E-state index in [2.05, 4.69) is 57.3 Å². The van der Waals surface area contributed by atoms with Gasteiger partial charge in [-0.1, -0.05) is 46.2 Å². The monoisotopic (exact) mass is 263 g/mol. The number of hydrogen-bond acceptors (Lipinski definition) is 2. The van der Waals surface area contributed by atoms with Crippen molar-refractivity contribution in [3.63, 3.8) is 0 Å². The molecule has 1 rings (SSSR count). The summed E-state index contributed by atoms with van der Waals surface area (Å²) < 4.78 is 5.71. The Morgan fingerprint density at radius 3 is 2.32 bits per heavy atom. The molecule has 108 valence electrons. The lowest BCUT2D eigenvalue weighted by atomic mass is 10.0. The molecule has 1 N–H and O–H groups in total. The Hall–Kier alpha value is -1.02. The zero-order chi connectivity index (χ0) is 14.1. The van der Waals surface area contributed by atoms with Crippen molar-refractivity contribution < 1.29 is 4.74 Å². The fourth-order valence-electron chi connectivity index (χ4n) is 2.01. The second-order valence-corrected chi connectivity index (χ2v) is 5.54. The summed E-state index contributed by atoms with van der Waals surface area (Å²) in [6.45, 7) is 10.7. The van der Waals surface area contributed by atoms with E-state index in [1.807, 2.05) is 0 Å². The van der Waals surface area contributed by atoms with Gasteiger partial charge in [-0.25, -0.2) is 0 Å². The summed E-state index contributed by atoms with van der Waals surface area (Å²) in [6, 6.07) is 9.00. The molecule has 0 spiro atoms. The first-order valence-electron chi connectivity index (χ1n) is 7.63. The van der Waals surface area contributed by atoms with Crippen LogP contribution in [0.5, 0.6) is 5.75 Å². The summed E-state index contributed by atoms with van der Waals surface area (Å²) in [5, 5.41) is 3.62. The molecule has 1 atom stereocenters. The molecule has 1 aromatic rings. The lowest BCUT2D eigenvalue weighted by molar-refractivity contribution is 0.271. The van der Waals surface area contributed by atoms with Crippen LogP contribution in [0.3, 0.4) is 0 Å². The van der Waals surface area contributed by atoms with Crippen LogP contribution < -0.4 is 10.1 Å². The van der Waals surface area contributed by atoms with Gasteiger partial charge in [-0.05, 0) is 43.0 Å². The Labute approximate surface area is 118 Å². The van der Waals surface area contributed by atoms with E-state index >= 15 is 0 Å². The quantitative estimate of drug-likeness (QED) is 0.659. The zero-order valence-corrected chi connectivity index (χ0v) is 12.9. The van der Waals surface area contributed by atoms with Crippen LogP contribution in [-0.2, 0) is 0 Å². The number of nitrogens with one attached hydrogen (secondary N) is 1. The van der Waals surface area contributed by atoms with Gasteiger partial charge in [0, 0.05) is 6.04 Å². The highest BCUT2D eigenvalue weighted by atomic mass is 16.5. The van der Waals surface area contributed by atoms with Gasteiger partial charge in [-0.3, -0.25) is 0 Å². The summed E-state index contributed by atoms with van der Waals surface area (Å²) >= 11 is 0. The number of benzene rings is 1. The molecular weight excluding hydrogens is 234 g/mol. The predicted molar refractivity (Wildman–Crippen MR) is 82.7 cm³/mol. The smallest absolute Gasteiger partial charge is 0.119 e. The lowest BCUT2D eigenvalue weighted by Crippen LogP contribution is -2.21. The van der Waals surface area contributed by atoms with Crippen LogP contribution in [0.2, 0.25) is 0 Å². The molecule has 0 aliphatic rings. The van der Waals surface area contributed by atoms with Crippen molar-refractivity contribution in [1.82, 2.24) is 5.32 Å². The largest absolute Gasteiger partial charge is 0.493 e. The summed E-state index contributed by atoms with van der Waals surface area (Å²) in [4.78, 5) is 0. The summed E-state index contributed by atoms with van der Waals surface area (Å²) in [5.41, 5.74) is 1.36. The third kappa shape index (κ3) is 6.11. The van der Waals surface area contributed by atoms with Crippen LogP contribution >= 0.6 is 0 Å². The molecule has 2 nitrogen and oxygen atoms in total. The van der Waals surface area contributed by atoms with Gasteiger partial charge in [0.15, 0.2) is 0 Å². The molecule has 0 aliphatic heterocycles. The lowest BCUT2D eigenvalue weighted by Gasteiger charge is -2.18. The Morgan fingerprint density at radius 1 is 1.11 bits per heavy atom. The standard InChI is InChI=1S/C17H29NO/c1-5-7-12-18-17(6-2)15-8-10-16(11-9-15)19-13-14(3)4/h8-11,14,17-18H,5-7,12-13H2,1-4H3. The first-order valence-corrected chi connectivity index (χ1v) is 7.63. The third-order valence-corrected chi connectivity index (χ3v) is 3.20. The molecule has 0 saturated carbocycles. The van der Waals surface area contributed by atoms with Crippen molar-refractivity contribution in [2.75, 3.05) is 13.2 Å². The van der Waals surface area contributed by atoms with E-state index in [-0.39, 0.29) is 0 Å². The van der Waals surface area contributed by atoms with Crippen LogP contribution in [0.25, 0.3) is 0 Å². The highest BCUT2D eigenvalue weighted by Gasteiger charge is 2.08. The van der Waals surface area contributed by atoms with Gasteiger partial charge < -0.3 is 10.1 Å². The Bertz CT molecular complexity index is 332. The van der Waals surface area contributed by atoms with E-state index in [0.717, 1.165) is 25.3 Å². The van der Waals surface area contributed by atoms with Gasteiger partial charge in [-0.2, -0.15) is 0 Å². The summed E-state index contributed by atoms with van der Waals surface area (Å²) in [7, 11) is 0. The van der Waals surface area contributed by atoms with Gasteiger partial charge in [0.1, 0.15) is 5.75 Å². The number of hydrogen-bond donors (Lipinski definition) is 1. The number of rotatable bonds is 9. The van der Waals surface area contributed by atoms with Crippen LogP contribution in [0.1, 0.15) is 58.6 Å². The highest BCUT2D eigenvalue weighted by Crippen LogP contribution is 2.20. The van der Waals surface area contributed by atoms with Gasteiger partial charge in [-0.15, -0.1) is 0 Å². The van der Waals surface area contributed by atoms with Crippen LogP contribution in [0.15, 0.2) is 24.3 Å². The third-order valence-electron chi connectivity index (χ3n) is 3.20. The second kappa shape index (κ2) is 8.98. The van der Waals surface area contributed by atoms with E-state index in [1.165, 1.54) is 18.4 Å². The first kappa shape index (κ1) is 16.0. The fourth-order valence-corrected chi connectivity index (χ4v) is 2.01. The molecule has 2 heteroatoms. The molecule has 0 aromatic heterocycles. The maximum Gasteiger partial charge on any atom is 0.119 e. The van der Waals surface area contributed by atoms with Crippen LogP contribution in [0.4, 0.5) is 0 Å². The second-order valence-electron chi connectivity index (χ2n) is 5.54. The average molecular weight is 263 g/mol. The zero-order valence-electron chi connectivity index (χ0n) is 12.9. The predicted octanol–water partition coefficient (Wildman–Crippen LogP) is 4.56. The molecule has 19 heavy (non-hydrogen) atoms. The van der Waals surface area contributed by atoms with Crippen molar-refractivity contribution in [3.8, 4) is 5.75 Å². The molecule has 1 unspecified atom stereocenters. The first-order chi connectivity index (χ1) is 9.17. The van der Waals surface area contributed by atoms with Crippen molar-refractivity contribution >= 4 is 0 Å². The fraction of sp³-hybridized carbons (Fsp3) is 0.647. The van der Waals surface area contributed by atoms with Crippen LogP contribution in [0, 0.1) is 5.92 Å². The topological polar surface area (TPSA) is 21.3 Å². The minimum Gasteiger partial charge on any atom is -0.493 e. The molecule has 0 amide bonds. The molecule has 0 radical (unpaired) electrons. The number of unbranched alkanes of at least 4 members (excludes halogenated alkanes) is 1. The highest BCUT2D eigenvalue weighted by molar-refractivity contribution is 5.29. The molecular formula is C17H29NO. The molecule has 0 saturated heterocycles. The Kier molecular flexibility index (Phi) is 7.57. The summed E-state index contributed by atoms with van der Waals surface area (Å²) in [5.74, 6) is 1.54. The Balaban J connectivity index is 2.52. The van der Waals surface area contributed by atoms with Gasteiger partial charge >= 0.3 is 0 Å². The molecule has 0 heterocycles. The number of ether oxygens (including phenoxy) is 1. The van der Waals surface area contributed by atoms with Crippen molar-refractivity contribution in [3.05, 3.63) is 29.8 Å². The maximum atomic E-state index is 5.71. The maximum absolute atomic E-state index is 5.71. The Morgan fingerprint density at radius 2 is 1.79 bits per heavy atom. The SMILES string of the molecule is CCCCNC(CC)c1ccc(OCC(C)C)cc1. The average Bonchev–Trinajstić information content (AvgIpc) is 2.42. The van der Waals surface area contributed by atoms with E-state index in [4.69, 9.17) is 4.74 Å². The molecule has 1 aromatic carbocycles. The molecule has 0 fully saturated rings. The molecule has 0 bridgehead atoms. The normalized spacial score (nSPS) is 12.7. The van der Waals surface area contributed by atoms with Gasteiger partial charge in [0.05, 0.1) is 6.61 Å².